The molecule has 0 atom stereocenters. The van der Waals surface area contributed by atoms with Crippen molar-refractivity contribution in [3.8, 4) is 0 Å². The van der Waals surface area contributed by atoms with E-state index in [1.165, 1.54) is 32.7 Å². The minimum atomic E-state index is 0.919. The molecular formula is C23H18S3. The SMILES string of the molecule is S=C(SCc1cccc2ccccc12)SCc1cccc2ccccc12. The van der Waals surface area contributed by atoms with E-state index in [9.17, 15) is 0 Å². The molecule has 0 spiro atoms. The van der Waals surface area contributed by atoms with Crippen LogP contribution in [0.1, 0.15) is 11.1 Å². The lowest BCUT2D eigenvalue weighted by molar-refractivity contribution is 1.47. The molecule has 0 aromatic heterocycles. The Bertz CT molecular complexity index is 973. The molecular weight excluding hydrogens is 372 g/mol. The molecule has 0 fully saturated rings. The number of hydrogen-bond acceptors (Lipinski definition) is 3. The molecule has 0 unspecified atom stereocenters. The van der Waals surface area contributed by atoms with Crippen molar-refractivity contribution in [2.45, 2.75) is 11.5 Å². The summed E-state index contributed by atoms with van der Waals surface area (Å²) in [7, 11) is 0. The van der Waals surface area contributed by atoms with Crippen LogP contribution < -0.4 is 0 Å². The van der Waals surface area contributed by atoms with Crippen LogP contribution in [-0.4, -0.2) is 3.53 Å². The highest BCUT2D eigenvalue weighted by Gasteiger charge is 2.06. The van der Waals surface area contributed by atoms with Gasteiger partial charge >= 0.3 is 0 Å². The van der Waals surface area contributed by atoms with E-state index in [-0.39, 0.29) is 0 Å². The van der Waals surface area contributed by atoms with Gasteiger partial charge in [0.05, 0.1) is 0 Å². The molecule has 0 nitrogen and oxygen atoms in total. The summed E-state index contributed by atoms with van der Waals surface area (Å²) in [5.41, 5.74) is 2.70. The average molecular weight is 391 g/mol. The van der Waals surface area contributed by atoms with Gasteiger partial charge in [0.25, 0.3) is 0 Å². The summed E-state index contributed by atoms with van der Waals surface area (Å²) in [6.07, 6.45) is 0. The van der Waals surface area contributed by atoms with E-state index in [0.29, 0.717) is 0 Å². The van der Waals surface area contributed by atoms with Crippen molar-refractivity contribution in [2.75, 3.05) is 0 Å². The highest BCUT2D eigenvalue weighted by atomic mass is 32.2. The largest absolute Gasteiger partial charge is 0.104 e. The summed E-state index contributed by atoms with van der Waals surface area (Å²) < 4.78 is 1.01. The van der Waals surface area contributed by atoms with Crippen LogP contribution in [0.5, 0.6) is 0 Å². The summed E-state index contributed by atoms with van der Waals surface area (Å²) in [6, 6.07) is 30.1. The van der Waals surface area contributed by atoms with Crippen LogP contribution >= 0.6 is 35.7 Å². The second-order valence-electron chi connectivity index (χ2n) is 6.10. The number of rotatable bonds is 4. The zero-order valence-electron chi connectivity index (χ0n) is 14.2. The third kappa shape index (κ3) is 3.96. The molecule has 0 saturated carbocycles. The maximum absolute atomic E-state index is 5.62. The van der Waals surface area contributed by atoms with Crippen LogP contribution in [0, 0.1) is 0 Å². The fraction of sp³-hybridized carbons (Fsp3) is 0.0870. The Labute approximate surface area is 168 Å². The molecule has 0 heterocycles. The number of fused-ring (bicyclic) bond motifs is 2. The Kier molecular flexibility index (Phi) is 5.59. The zero-order chi connectivity index (χ0) is 17.8. The van der Waals surface area contributed by atoms with Gasteiger partial charge in [-0.3, -0.25) is 0 Å². The molecule has 3 heteroatoms. The summed E-state index contributed by atoms with van der Waals surface area (Å²) in [6.45, 7) is 0. The first-order chi connectivity index (χ1) is 12.8. The van der Waals surface area contributed by atoms with Crippen molar-refractivity contribution in [2.24, 2.45) is 0 Å². The molecule has 0 amide bonds. The van der Waals surface area contributed by atoms with Gasteiger partial charge in [-0.15, -0.1) is 23.5 Å². The van der Waals surface area contributed by atoms with Crippen molar-refractivity contribution < 1.29 is 0 Å². The van der Waals surface area contributed by atoms with Crippen LogP contribution in [0.15, 0.2) is 84.9 Å². The summed E-state index contributed by atoms with van der Waals surface area (Å²) >= 11 is 9.15. The lowest BCUT2D eigenvalue weighted by Gasteiger charge is -2.09. The Balaban J connectivity index is 1.41. The van der Waals surface area contributed by atoms with Gasteiger partial charge in [-0.25, -0.2) is 0 Å². The molecule has 0 aliphatic carbocycles. The predicted molar refractivity (Wildman–Crippen MR) is 123 cm³/mol. The topological polar surface area (TPSA) is 0 Å². The van der Waals surface area contributed by atoms with E-state index >= 15 is 0 Å². The molecule has 26 heavy (non-hydrogen) atoms. The highest BCUT2D eigenvalue weighted by molar-refractivity contribution is 8.46. The third-order valence-electron chi connectivity index (χ3n) is 4.45. The van der Waals surface area contributed by atoms with Gasteiger partial charge in [0.15, 0.2) is 0 Å². The molecule has 0 N–H and O–H groups in total. The summed E-state index contributed by atoms with van der Waals surface area (Å²) in [4.78, 5) is 0. The second-order valence-corrected chi connectivity index (χ2v) is 9.26. The maximum atomic E-state index is 5.62. The molecule has 0 radical (unpaired) electrons. The first-order valence-corrected chi connectivity index (χ1v) is 10.9. The molecule has 128 valence electrons. The van der Waals surface area contributed by atoms with E-state index in [2.05, 4.69) is 84.9 Å². The first-order valence-electron chi connectivity index (χ1n) is 8.54. The van der Waals surface area contributed by atoms with Crippen LogP contribution in [0.25, 0.3) is 21.5 Å². The molecule has 4 rings (SSSR count). The molecule has 4 aromatic rings. The van der Waals surface area contributed by atoms with Gasteiger partial charge in [-0.05, 0) is 32.7 Å². The standard InChI is InChI=1S/C23H18S3/c24-23(25-15-19-11-5-9-17-7-1-3-13-21(17)19)26-16-20-12-6-10-18-8-2-4-14-22(18)20/h1-14H,15-16H2. The zero-order valence-corrected chi connectivity index (χ0v) is 16.7. The minimum absolute atomic E-state index is 0.919. The Hall–Kier alpha value is -1.81. The molecule has 0 bridgehead atoms. The van der Waals surface area contributed by atoms with Crippen LogP contribution in [0.4, 0.5) is 0 Å². The van der Waals surface area contributed by atoms with E-state index in [0.717, 1.165) is 15.0 Å². The van der Waals surface area contributed by atoms with E-state index < -0.39 is 0 Å². The quantitative estimate of drug-likeness (QED) is 0.332. The molecule has 0 aliphatic rings. The Morgan fingerprint density at radius 3 is 1.50 bits per heavy atom. The van der Waals surface area contributed by atoms with Gasteiger partial charge in [-0.2, -0.15) is 0 Å². The summed E-state index contributed by atoms with van der Waals surface area (Å²) in [5.74, 6) is 1.84. The monoisotopic (exact) mass is 390 g/mol. The van der Waals surface area contributed by atoms with Gasteiger partial charge in [0, 0.05) is 11.5 Å². The fourth-order valence-corrected chi connectivity index (χ4v) is 5.24. The normalized spacial score (nSPS) is 11.1. The maximum Gasteiger partial charge on any atom is 0.104 e. The van der Waals surface area contributed by atoms with E-state index in [1.807, 2.05) is 0 Å². The number of hydrogen-bond donors (Lipinski definition) is 0. The third-order valence-corrected chi connectivity index (χ3v) is 7.25. The van der Waals surface area contributed by atoms with E-state index in [1.54, 1.807) is 23.5 Å². The Morgan fingerprint density at radius 1 is 0.577 bits per heavy atom. The van der Waals surface area contributed by atoms with Crippen molar-refractivity contribution in [1.82, 2.24) is 0 Å². The second kappa shape index (κ2) is 8.26. The van der Waals surface area contributed by atoms with Gasteiger partial charge in [0.2, 0.25) is 0 Å². The average Bonchev–Trinajstić information content (AvgIpc) is 2.70. The number of benzene rings is 4. The molecule has 4 aromatic carbocycles. The lowest BCUT2D eigenvalue weighted by Crippen LogP contribution is -1.89. The minimum Gasteiger partial charge on any atom is -0.103 e. The number of thioether (sulfide) groups is 2. The Morgan fingerprint density at radius 2 is 1.00 bits per heavy atom. The fourth-order valence-electron chi connectivity index (χ4n) is 3.15. The van der Waals surface area contributed by atoms with Crippen molar-refractivity contribution >= 4 is 60.8 Å². The van der Waals surface area contributed by atoms with Crippen molar-refractivity contribution in [1.29, 1.82) is 0 Å². The highest BCUT2D eigenvalue weighted by Crippen LogP contribution is 2.29. The van der Waals surface area contributed by atoms with Gasteiger partial charge in [-0.1, -0.05) is 97.1 Å². The van der Waals surface area contributed by atoms with Gasteiger partial charge in [0.1, 0.15) is 3.53 Å². The number of thiocarbonyl (C=S) groups is 1. The van der Waals surface area contributed by atoms with E-state index in [4.69, 9.17) is 12.2 Å². The van der Waals surface area contributed by atoms with Crippen LogP contribution in [0.3, 0.4) is 0 Å². The van der Waals surface area contributed by atoms with Crippen molar-refractivity contribution in [3.63, 3.8) is 0 Å². The van der Waals surface area contributed by atoms with Crippen molar-refractivity contribution in [3.05, 3.63) is 96.1 Å². The van der Waals surface area contributed by atoms with Crippen LogP contribution in [-0.2, 0) is 11.5 Å². The molecule has 0 aliphatic heterocycles. The summed E-state index contributed by atoms with van der Waals surface area (Å²) in [5, 5.41) is 5.23. The van der Waals surface area contributed by atoms with Gasteiger partial charge < -0.3 is 0 Å². The lowest BCUT2D eigenvalue weighted by atomic mass is 10.1. The molecule has 0 saturated heterocycles. The van der Waals surface area contributed by atoms with Crippen LogP contribution in [0.2, 0.25) is 0 Å². The first kappa shape index (κ1) is 17.6. The smallest absolute Gasteiger partial charge is 0.103 e. The predicted octanol–water partition coefficient (Wildman–Crippen LogP) is 7.44.